The summed E-state index contributed by atoms with van der Waals surface area (Å²) in [5.74, 6) is 1.00. The van der Waals surface area contributed by atoms with E-state index in [4.69, 9.17) is 4.74 Å². The molecule has 0 aromatic heterocycles. The molecule has 1 fully saturated rings. The molecule has 2 aromatic rings. The van der Waals surface area contributed by atoms with Crippen molar-refractivity contribution in [3.8, 4) is 5.75 Å². The van der Waals surface area contributed by atoms with Crippen molar-refractivity contribution in [1.29, 1.82) is 0 Å². The summed E-state index contributed by atoms with van der Waals surface area (Å²) in [5.41, 5.74) is 1.74. The van der Waals surface area contributed by atoms with Crippen LogP contribution in [0.2, 0.25) is 0 Å². The number of methoxy groups -OCH3 is 1. The summed E-state index contributed by atoms with van der Waals surface area (Å²) in [4.78, 5) is 26.6. The maximum absolute atomic E-state index is 12.6. The molecule has 1 heterocycles. The summed E-state index contributed by atoms with van der Waals surface area (Å²) in [5, 5.41) is 2.96. The number of carbonyl (C=O) groups excluding carboxylic acids is 2. The Kier molecular flexibility index (Phi) is 5.89. The second-order valence-electron chi connectivity index (χ2n) is 6.60. The van der Waals surface area contributed by atoms with Gasteiger partial charge in [0.2, 0.25) is 5.91 Å². The zero-order valence-corrected chi connectivity index (χ0v) is 15.0. The van der Waals surface area contributed by atoms with Crippen LogP contribution in [0.25, 0.3) is 0 Å². The van der Waals surface area contributed by atoms with Crippen molar-refractivity contribution in [2.45, 2.75) is 19.4 Å². The van der Waals surface area contributed by atoms with Gasteiger partial charge in [0, 0.05) is 31.6 Å². The van der Waals surface area contributed by atoms with Crippen LogP contribution in [0.1, 0.15) is 28.8 Å². The first-order valence-electron chi connectivity index (χ1n) is 8.89. The monoisotopic (exact) mass is 352 g/mol. The SMILES string of the molecule is COc1ccc(C(=O)N2CCC(CC(=O)NCc3ccccc3)C2)cc1. The predicted octanol–water partition coefficient (Wildman–Crippen LogP) is 2.86. The van der Waals surface area contributed by atoms with Crippen molar-refractivity contribution < 1.29 is 14.3 Å². The molecule has 1 saturated heterocycles. The molecule has 1 N–H and O–H groups in total. The summed E-state index contributed by atoms with van der Waals surface area (Å²) in [7, 11) is 1.60. The van der Waals surface area contributed by atoms with E-state index in [9.17, 15) is 9.59 Å². The van der Waals surface area contributed by atoms with E-state index in [2.05, 4.69) is 5.32 Å². The normalized spacial score (nSPS) is 16.3. The maximum Gasteiger partial charge on any atom is 0.253 e. The van der Waals surface area contributed by atoms with Gasteiger partial charge in [-0.05, 0) is 42.2 Å². The molecule has 1 unspecified atom stereocenters. The Morgan fingerprint density at radius 2 is 1.85 bits per heavy atom. The van der Waals surface area contributed by atoms with Crippen LogP contribution < -0.4 is 10.1 Å². The molecule has 5 heteroatoms. The molecule has 0 aliphatic carbocycles. The largest absolute Gasteiger partial charge is 0.497 e. The number of nitrogens with one attached hydrogen (secondary N) is 1. The minimum atomic E-state index is 0.0137. The van der Waals surface area contributed by atoms with Crippen molar-refractivity contribution >= 4 is 11.8 Å². The number of nitrogens with zero attached hydrogens (tertiary/aromatic N) is 1. The fraction of sp³-hybridized carbons (Fsp3) is 0.333. The van der Waals surface area contributed by atoms with Gasteiger partial charge in [-0.3, -0.25) is 9.59 Å². The molecule has 2 aromatic carbocycles. The molecule has 26 heavy (non-hydrogen) atoms. The number of likely N-dealkylation sites (tertiary alicyclic amines) is 1. The summed E-state index contributed by atoms with van der Waals surface area (Å²) in [6.45, 7) is 1.87. The minimum Gasteiger partial charge on any atom is -0.497 e. The van der Waals surface area contributed by atoms with Gasteiger partial charge in [0.25, 0.3) is 5.91 Å². The topological polar surface area (TPSA) is 58.6 Å². The highest BCUT2D eigenvalue weighted by Crippen LogP contribution is 2.22. The molecule has 2 amide bonds. The van der Waals surface area contributed by atoms with Gasteiger partial charge >= 0.3 is 0 Å². The average Bonchev–Trinajstić information content (AvgIpc) is 3.15. The van der Waals surface area contributed by atoms with Gasteiger partial charge in [-0.1, -0.05) is 30.3 Å². The highest BCUT2D eigenvalue weighted by atomic mass is 16.5. The Balaban J connectivity index is 1.46. The van der Waals surface area contributed by atoms with Gasteiger partial charge in [-0.15, -0.1) is 0 Å². The van der Waals surface area contributed by atoms with E-state index in [-0.39, 0.29) is 17.7 Å². The van der Waals surface area contributed by atoms with Crippen molar-refractivity contribution in [2.24, 2.45) is 5.92 Å². The fourth-order valence-corrected chi connectivity index (χ4v) is 3.23. The van der Waals surface area contributed by atoms with Gasteiger partial charge in [0.05, 0.1) is 7.11 Å². The minimum absolute atomic E-state index is 0.0137. The molecular formula is C21H24N2O3. The molecular weight excluding hydrogens is 328 g/mol. The lowest BCUT2D eigenvalue weighted by Crippen LogP contribution is -2.30. The number of hydrogen-bond donors (Lipinski definition) is 1. The van der Waals surface area contributed by atoms with Gasteiger partial charge in [0.1, 0.15) is 5.75 Å². The van der Waals surface area contributed by atoms with Gasteiger partial charge in [-0.25, -0.2) is 0 Å². The first kappa shape index (κ1) is 18.0. The van der Waals surface area contributed by atoms with Crippen LogP contribution in [0.4, 0.5) is 0 Å². The van der Waals surface area contributed by atoms with Crippen LogP contribution in [-0.4, -0.2) is 36.9 Å². The molecule has 1 aliphatic heterocycles. The molecule has 0 spiro atoms. The Bertz CT molecular complexity index is 744. The summed E-state index contributed by atoms with van der Waals surface area (Å²) in [6, 6.07) is 17.0. The zero-order valence-electron chi connectivity index (χ0n) is 15.0. The second-order valence-corrected chi connectivity index (χ2v) is 6.60. The van der Waals surface area contributed by atoms with E-state index in [1.165, 1.54) is 0 Å². The van der Waals surface area contributed by atoms with E-state index in [1.54, 1.807) is 31.4 Å². The Hall–Kier alpha value is -2.82. The lowest BCUT2D eigenvalue weighted by molar-refractivity contribution is -0.122. The first-order chi connectivity index (χ1) is 12.7. The highest BCUT2D eigenvalue weighted by Gasteiger charge is 2.28. The molecule has 0 saturated carbocycles. The van der Waals surface area contributed by atoms with Crippen LogP contribution in [0.5, 0.6) is 5.75 Å². The maximum atomic E-state index is 12.6. The van der Waals surface area contributed by atoms with E-state index >= 15 is 0 Å². The van der Waals surface area contributed by atoms with E-state index in [0.717, 1.165) is 17.7 Å². The van der Waals surface area contributed by atoms with Crippen molar-refractivity contribution in [1.82, 2.24) is 10.2 Å². The number of benzene rings is 2. The third-order valence-corrected chi connectivity index (χ3v) is 4.72. The summed E-state index contributed by atoms with van der Waals surface area (Å²) >= 11 is 0. The van der Waals surface area contributed by atoms with Crippen LogP contribution in [0.3, 0.4) is 0 Å². The van der Waals surface area contributed by atoms with Crippen LogP contribution in [-0.2, 0) is 11.3 Å². The molecule has 0 bridgehead atoms. The predicted molar refractivity (Wildman–Crippen MR) is 99.9 cm³/mol. The van der Waals surface area contributed by atoms with Crippen molar-refractivity contribution in [3.63, 3.8) is 0 Å². The standard InChI is InChI=1S/C21H24N2O3/c1-26-19-9-7-18(8-10-19)21(25)23-12-11-17(15-23)13-20(24)22-14-16-5-3-2-4-6-16/h2-10,17H,11-15H2,1H3,(H,22,24). The van der Waals surface area contributed by atoms with Crippen LogP contribution in [0.15, 0.2) is 54.6 Å². The van der Waals surface area contributed by atoms with Gasteiger partial charge in [0.15, 0.2) is 0 Å². The van der Waals surface area contributed by atoms with Gasteiger partial charge < -0.3 is 15.0 Å². The molecule has 3 rings (SSSR count). The molecule has 1 aliphatic rings. The Morgan fingerprint density at radius 1 is 1.12 bits per heavy atom. The first-order valence-corrected chi connectivity index (χ1v) is 8.89. The molecule has 5 nitrogen and oxygen atoms in total. The number of ether oxygens (including phenoxy) is 1. The highest BCUT2D eigenvalue weighted by molar-refractivity contribution is 5.94. The Morgan fingerprint density at radius 3 is 2.54 bits per heavy atom. The number of rotatable bonds is 6. The summed E-state index contributed by atoms with van der Waals surface area (Å²) in [6.07, 6.45) is 1.32. The van der Waals surface area contributed by atoms with E-state index < -0.39 is 0 Å². The second kappa shape index (κ2) is 8.52. The average molecular weight is 352 g/mol. The zero-order chi connectivity index (χ0) is 18.4. The van der Waals surface area contributed by atoms with E-state index in [0.29, 0.717) is 31.6 Å². The molecule has 1 atom stereocenters. The molecule has 0 radical (unpaired) electrons. The lowest BCUT2D eigenvalue weighted by atomic mass is 10.0. The fourth-order valence-electron chi connectivity index (χ4n) is 3.23. The smallest absolute Gasteiger partial charge is 0.253 e. The van der Waals surface area contributed by atoms with Crippen molar-refractivity contribution in [2.75, 3.05) is 20.2 Å². The lowest BCUT2D eigenvalue weighted by Gasteiger charge is -2.17. The van der Waals surface area contributed by atoms with E-state index in [1.807, 2.05) is 35.2 Å². The number of hydrogen-bond acceptors (Lipinski definition) is 3. The third kappa shape index (κ3) is 4.63. The summed E-state index contributed by atoms with van der Waals surface area (Å²) < 4.78 is 5.12. The van der Waals surface area contributed by atoms with Crippen LogP contribution in [0, 0.1) is 5.92 Å². The number of carbonyl (C=O) groups is 2. The number of amides is 2. The van der Waals surface area contributed by atoms with Crippen LogP contribution >= 0.6 is 0 Å². The van der Waals surface area contributed by atoms with Gasteiger partial charge in [-0.2, -0.15) is 0 Å². The Labute approximate surface area is 154 Å². The third-order valence-electron chi connectivity index (χ3n) is 4.72. The molecule has 136 valence electrons. The van der Waals surface area contributed by atoms with Crippen molar-refractivity contribution in [3.05, 3.63) is 65.7 Å². The quantitative estimate of drug-likeness (QED) is 0.870.